The van der Waals surface area contributed by atoms with Crippen LogP contribution in [0.3, 0.4) is 0 Å². The summed E-state index contributed by atoms with van der Waals surface area (Å²) in [6.45, 7) is 0. The number of phenolic OH excluding ortho intramolecular Hbond substituents is 1. The van der Waals surface area contributed by atoms with Crippen molar-refractivity contribution in [1.82, 2.24) is 0 Å². The third kappa shape index (κ3) is 4.05. The van der Waals surface area contributed by atoms with Gasteiger partial charge in [-0.3, -0.25) is 0 Å². The molecule has 1 aliphatic heterocycles. The molecule has 158 valence electrons. The average molecular weight is 427 g/mol. The number of halogens is 3. The number of hydrogen-bond donors (Lipinski definition) is 1. The number of anilines is 2. The lowest BCUT2D eigenvalue weighted by atomic mass is 9.90. The van der Waals surface area contributed by atoms with E-state index in [4.69, 9.17) is 4.74 Å². The maximum absolute atomic E-state index is 12.8. The average Bonchev–Trinajstić information content (AvgIpc) is 2.74. The zero-order chi connectivity index (χ0) is 22.2. The van der Waals surface area contributed by atoms with E-state index in [1.54, 1.807) is 41.3 Å². The Morgan fingerprint density at radius 3 is 2.29 bits per heavy atom. The quantitative estimate of drug-likeness (QED) is 0.434. The predicted molar refractivity (Wildman–Crippen MR) is 109 cm³/mol. The largest absolute Gasteiger partial charge is 0.573 e. The Bertz CT molecular complexity index is 1170. The van der Waals surface area contributed by atoms with E-state index in [0.29, 0.717) is 33.8 Å². The van der Waals surface area contributed by atoms with Gasteiger partial charge in [-0.2, -0.15) is 0 Å². The summed E-state index contributed by atoms with van der Waals surface area (Å²) in [7, 11) is 1.26. The lowest BCUT2D eigenvalue weighted by molar-refractivity contribution is -0.274. The topological polar surface area (TPSA) is 59.0 Å². The molecular weight excluding hydrogens is 411 g/mol. The number of nitrogens with zero attached hydrogens (tertiary/aromatic N) is 1. The number of benzene rings is 3. The van der Waals surface area contributed by atoms with E-state index in [1.165, 1.54) is 43.5 Å². The molecule has 8 heteroatoms. The van der Waals surface area contributed by atoms with Crippen LogP contribution in [0.25, 0.3) is 16.8 Å². The Morgan fingerprint density at radius 1 is 0.968 bits per heavy atom. The number of hydrogen-bond acceptors (Lipinski definition) is 5. The predicted octanol–water partition coefficient (Wildman–Crippen LogP) is 5.62. The number of rotatable bonds is 3. The van der Waals surface area contributed by atoms with Gasteiger partial charge in [0.25, 0.3) is 0 Å². The molecule has 1 aliphatic rings. The van der Waals surface area contributed by atoms with Crippen molar-refractivity contribution in [3.05, 3.63) is 78.4 Å². The van der Waals surface area contributed by atoms with E-state index < -0.39 is 12.3 Å². The highest BCUT2D eigenvalue weighted by atomic mass is 19.4. The highest BCUT2D eigenvalue weighted by Crippen LogP contribution is 2.49. The molecule has 3 aromatic rings. The number of esters is 1. The standard InChI is InChI=1S/C23H16F3NO4/c1-30-22(29)13-21-18-5-3-2-4-17(18)19-12-16(31-23(24,25)26)10-11-20(19)27(21)14-6-8-15(28)9-7-14/h2-13,28H,1H3/b21-13+. The van der Waals surface area contributed by atoms with Gasteiger partial charge in [-0.1, -0.05) is 24.3 Å². The molecule has 31 heavy (non-hydrogen) atoms. The molecule has 3 aromatic carbocycles. The van der Waals surface area contributed by atoms with Gasteiger partial charge >= 0.3 is 12.3 Å². The van der Waals surface area contributed by atoms with Crippen LogP contribution >= 0.6 is 0 Å². The molecule has 0 aromatic heterocycles. The fraction of sp³-hybridized carbons (Fsp3) is 0.0870. The molecule has 0 saturated heterocycles. The van der Waals surface area contributed by atoms with Crippen molar-refractivity contribution in [2.24, 2.45) is 0 Å². The SMILES string of the molecule is COC(=O)/C=C1\c2ccccc2-c2cc(OC(F)(F)F)ccc2N1c1ccc(O)cc1. The summed E-state index contributed by atoms with van der Waals surface area (Å²) in [5.41, 5.74) is 3.35. The van der Waals surface area contributed by atoms with Gasteiger partial charge < -0.3 is 19.5 Å². The van der Waals surface area contributed by atoms with Crippen molar-refractivity contribution in [3.63, 3.8) is 0 Å². The molecule has 4 rings (SSSR count). The number of ether oxygens (including phenoxy) is 2. The molecule has 0 bridgehead atoms. The number of phenols is 1. The first-order chi connectivity index (χ1) is 14.8. The van der Waals surface area contributed by atoms with Gasteiger partial charge in [-0.25, -0.2) is 4.79 Å². The van der Waals surface area contributed by atoms with E-state index in [-0.39, 0.29) is 11.5 Å². The van der Waals surface area contributed by atoms with Crippen molar-refractivity contribution >= 4 is 23.0 Å². The first kappa shape index (κ1) is 20.3. The van der Waals surface area contributed by atoms with Crippen LogP contribution in [-0.2, 0) is 9.53 Å². The number of carbonyl (C=O) groups excluding carboxylic acids is 1. The van der Waals surface area contributed by atoms with Crippen LogP contribution in [0.15, 0.2) is 72.8 Å². The van der Waals surface area contributed by atoms with Gasteiger partial charge in [0.1, 0.15) is 11.5 Å². The lowest BCUT2D eigenvalue weighted by Crippen LogP contribution is -2.22. The van der Waals surface area contributed by atoms with E-state index in [2.05, 4.69) is 4.74 Å². The fourth-order valence-corrected chi connectivity index (χ4v) is 3.51. The minimum atomic E-state index is -4.82. The molecule has 5 nitrogen and oxygen atoms in total. The smallest absolute Gasteiger partial charge is 0.508 e. The maximum atomic E-state index is 12.8. The van der Waals surface area contributed by atoms with Crippen LogP contribution in [0.4, 0.5) is 24.5 Å². The van der Waals surface area contributed by atoms with Crippen LogP contribution in [0.5, 0.6) is 11.5 Å². The van der Waals surface area contributed by atoms with E-state index >= 15 is 0 Å². The Kier molecular flexibility index (Phi) is 5.06. The zero-order valence-corrected chi connectivity index (χ0v) is 16.2. The van der Waals surface area contributed by atoms with E-state index in [0.717, 1.165) is 0 Å². The molecule has 0 radical (unpaired) electrons. The zero-order valence-electron chi connectivity index (χ0n) is 16.2. The monoisotopic (exact) mass is 427 g/mol. The van der Waals surface area contributed by atoms with Crippen LogP contribution in [0.1, 0.15) is 5.56 Å². The summed E-state index contributed by atoms with van der Waals surface area (Å²) in [5.74, 6) is -0.894. The summed E-state index contributed by atoms with van der Waals surface area (Å²) in [5, 5.41) is 9.67. The summed E-state index contributed by atoms with van der Waals surface area (Å²) in [6.07, 6.45) is -3.51. The fourth-order valence-electron chi connectivity index (χ4n) is 3.51. The van der Waals surface area contributed by atoms with Crippen molar-refractivity contribution in [3.8, 4) is 22.6 Å². The highest BCUT2D eigenvalue weighted by molar-refractivity contribution is 6.07. The molecule has 0 aliphatic carbocycles. The molecule has 0 saturated carbocycles. The normalized spacial score (nSPS) is 14.1. The van der Waals surface area contributed by atoms with Crippen molar-refractivity contribution in [2.45, 2.75) is 6.36 Å². The van der Waals surface area contributed by atoms with Gasteiger partial charge in [0.05, 0.1) is 18.5 Å². The van der Waals surface area contributed by atoms with Crippen molar-refractivity contribution in [2.75, 3.05) is 12.0 Å². The number of aromatic hydroxyl groups is 1. The number of methoxy groups -OCH3 is 1. The summed E-state index contributed by atoms with van der Waals surface area (Å²) in [6, 6.07) is 17.3. The Balaban J connectivity index is 1.97. The second-order valence-electron chi connectivity index (χ2n) is 6.68. The molecule has 1 heterocycles. The Labute approximate surface area is 175 Å². The second-order valence-corrected chi connectivity index (χ2v) is 6.68. The molecule has 0 amide bonds. The van der Waals surface area contributed by atoms with Gasteiger partial charge in [0, 0.05) is 22.9 Å². The first-order valence-electron chi connectivity index (χ1n) is 9.15. The number of fused-ring (bicyclic) bond motifs is 3. The Hall–Kier alpha value is -3.94. The van der Waals surface area contributed by atoms with Gasteiger partial charge in [0.2, 0.25) is 0 Å². The molecule has 0 spiro atoms. The molecule has 1 N–H and O–H groups in total. The number of carbonyl (C=O) groups is 1. The molecule has 0 unspecified atom stereocenters. The maximum Gasteiger partial charge on any atom is 0.573 e. The third-order valence-electron chi connectivity index (χ3n) is 4.74. The van der Waals surface area contributed by atoms with Gasteiger partial charge in [-0.15, -0.1) is 13.2 Å². The van der Waals surface area contributed by atoms with Crippen LogP contribution in [0.2, 0.25) is 0 Å². The van der Waals surface area contributed by atoms with Crippen molar-refractivity contribution in [1.29, 1.82) is 0 Å². The molecule has 0 atom stereocenters. The van der Waals surface area contributed by atoms with Crippen LogP contribution in [-0.4, -0.2) is 24.5 Å². The highest BCUT2D eigenvalue weighted by Gasteiger charge is 2.33. The third-order valence-corrected chi connectivity index (χ3v) is 4.74. The second kappa shape index (κ2) is 7.71. The van der Waals surface area contributed by atoms with Gasteiger partial charge in [0.15, 0.2) is 0 Å². The van der Waals surface area contributed by atoms with E-state index in [9.17, 15) is 23.1 Å². The minimum absolute atomic E-state index is 0.0498. The molecule has 0 fully saturated rings. The van der Waals surface area contributed by atoms with Crippen molar-refractivity contribution < 1.29 is 32.5 Å². The van der Waals surface area contributed by atoms with Crippen LogP contribution in [0, 0.1) is 0 Å². The first-order valence-corrected chi connectivity index (χ1v) is 9.15. The van der Waals surface area contributed by atoms with Gasteiger partial charge in [-0.05, 0) is 48.0 Å². The van der Waals surface area contributed by atoms with E-state index in [1.807, 2.05) is 0 Å². The summed E-state index contributed by atoms with van der Waals surface area (Å²) in [4.78, 5) is 13.8. The van der Waals surface area contributed by atoms with Crippen LogP contribution < -0.4 is 9.64 Å². The molecular formula is C23H16F3NO4. The summed E-state index contributed by atoms with van der Waals surface area (Å²) < 4.78 is 47.2. The lowest BCUT2D eigenvalue weighted by Gasteiger charge is -2.35. The minimum Gasteiger partial charge on any atom is -0.508 e. The Morgan fingerprint density at radius 2 is 1.65 bits per heavy atom. The number of alkyl halides is 3. The summed E-state index contributed by atoms with van der Waals surface area (Å²) >= 11 is 0.